The fourth-order valence-corrected chi connectivity index (χ4v) is 4.75. The second-order valence-electron chi connectivity index (χ2n) is 10.8. The van der Waals surface area contributed by atoms with Crippen LogP contribution in [0.3, 0.4) is 0 Å². The number of hydrogen-bond acceptors (Lipinski definition) is 12. The molecular weight excluding hydrogens is 608 g/mol. The summed E-state index contributed by atoms with van der Waals surface area (Å²) >= 11 is 0. The number of allylic oxidation sites excluding steroid dienone is 3. The average molecular weight is 658 g/mol. The van der Waals surface area contributed by atoms with E-state index in [9.17, 15) is 29.7 Å². The zero-order valence-electron chi connectivity index (χ0n) is 27.2. The molecule has 0 aromatic carbocycles. The highest BCUT2D eigenvalue weighted by Crippen LogP contribution is 2.29. The largest absolute Gasteiger partial charge is 0.496 e. The van der Waals surface area contributed by atoms with Crippen molar-refractivity contribution in [3.63, 3.8) is 0 Å². The van der Waals surface area contributed by atoms with Crippen molar-refractivity contribution < 1.29 is 58.7 Å². The van der Waals surface area contributed by atoms with Gasteiger partial charge < -0.3 is 28.9 Å². The van der Waals surface area contributed by atoms with E-state index in [1.54, 1.807) is 6.92 Å². The number of carbonyl (C=O) groups excluding carboxylic acids is 2. The molecule has 0 heterocycles. The zero-order chi connectivity index (χ0) is 34.5. The Morgan fingerprint density at radius 2 is 1.43 bits per heavy atom. The van der Waals surface area contributed by atoms with E-state index in [4.69, 9.17) is 24.2 Å². The van der Waals surface area contributed by atoms with E-state index in [2.05, 4.69) is 22.8 Å². The summed E-state index contributed by atoms with van der Waals surface area (Å²) in [6.45, 7) is 9.08. The molecule has 1 aliphatic rings. The van der Waals surface area contributed by atoms with Crippen LogP contribution >= 0.6 is 0 Å². The lowest BCUT2D eigenvalue weighted by Crippen LogP contribution is -2.25. The molecule has 0 saturated carbocycles. The van der Waals surface area contributed by atoms with E-state index >= 15 is 0 Å². The summed E-state index contributed by atoms with van der Waals surface area (Å²) in [7, 11) is 2.71. The van der Waals surface area contributed by atoms with Crippen LogP contribution in [0, 0.1) is 15.0 Å². The van der Waals surface area contributed by atoms with Crippen LogP contribution in [0.25, 0.3) is 0 Å². The number of nitrogens with zero attached hydrogens (tertiary/aromatic N) is 2. The Labute approximate surface area is 269 Å². The Hall–Kier alpha value is -4.14. The molecular formula is C31H49N2O13+. The monoisotopic (exact) mass is 657 g/mol. The minimum atomic E-state index is -1.03. The van der Waals surface area contributed by atoms with E-state index in [1.165, 1.54) is 14.2 Å². The molecule has 2 N–H and O–H groups in total. The first-order valence-corrected chi connectivity index (χ1v) is 15.4. The lowest BCUT2D eigenvalue weighted by Gasteiger charge is -2.20. The molecule has 0 aliphatic heterocycles. The molecule has 15 heteroatoms. The molecule has 46 heavy (non-hydrogen) atoms. The summed E-state index contributed by atoms with van der Waals surface area (Å²) in [6.07, 6.45) is 7.93. The fourth-order valence-electron chi connectivity index (χ4n) is 4.75. The molecule has 0 fully saturated rings. The van der Waals surface area contributed by atoms with E-state index < -0.39 is 29.0 Å². The SMILES string of the molecule is C=C(CCCCC(CO[N+](=O)O)O[N+](=O)[O-])OCC(O)C(=C)OCCCCCCCCCCC1=C(C)C(=O)C(OC)=C(OC)C1=O. The van der Waals surface area contributed by atoms with Crippen LogP contribution in [-0.2, 0) is 38.2 Å². The standard InChI is InChI=1S/C31H49N2O13/c1-22(16-13-14-17-25(46-33(39)40)20-45-32(37)38)44-21-27(34)24(3)43-19-15-11-9-7-6-8-10-12-18-26-23(2)28(35)30(41-4)31(42-5)29(26)36/h25,27,34H,1,3,6-21H2,2,4-5H3,(H,37,38)/q+1. The highest BCUT2D eigenvalue weighted by Gasteiger charge is 2.34. The number of Topliss-reactive ketones (excluding diaryl/α,β-unsaturated/α-hetero) is 2. The summed E-state index contributed by atoms with van der Waals surface area (Å²) < 4.78 is 21.2. The molecule has 0 aromatic rings. The molecule has 0 radical (unpaired) electrons. The molecule has 0 aromatic heterocycles. The molecule has 15 nitrogen and oxygen atoms in total. The summed E-state index contributed by atoms with van der Waals surface area (Å²) in [6, 6.07) is 0. The van der Waals surface area contributed by atoms with Gasteiger partial charge >= 0.3 is 5.09 Å². The van der Waals surface area contributed by atoms with Crippen LogP contribution in [0.5, 0.6) is 0 Å². The molecule has 260 valence electrons. The van der Waals surface area contributed by atoms with Gasteiger partial charge in [-0.3, -0.25) is 9.59 Å². The van der Waals surface area contributed by atoms with Crippen LogP contribution in [0.2, 0.25) is 0 Å². The quantitative estimate of drug-likeness (QED) is 0.0370. The summed E-state index contributed by atoms with van der Waals surface area (Å²) in [4.78, 5) is 54.7. The van der Waals surface area contributed by atoms with Gasteiger partial charge in [0.2, 0.25) is 23.1 Å². The summed E-state index contributed by atoms with van der Waals surface area (Å²) in [5, 5.41) is 27.4. The number of carbonyl (C=O) groups is 2. The predicted molar refractivity (Wildman–Crippen MR) is 163 cm³/mol. The van der Waals surface area contributed by atoms with Gasteiger partial charge in [0.25, 0.3) is 5.09 Å². The summed E-state index contributed by atoms with van der Waals surface area (Å²) in [5.41, 5.74) is 0.926. The number of ether oxygens (including phenoxy) is 4. The number of ketones is 2. The van der Waals surface area contributed by atoms with Gasteiger partial charge in [0.05, 0.1) is 26.6 Å². The number of aliphatic hydroxyl groups excluding tert-OH is 1. The van der Waals surface area contributed by atoms with Crippen molar-refractivity contribution in [2.24, 2.45) is 0 Å². The maximum absolute atomic E-state index is 12.7. The first-order valence-electron chi connectivity index (χ1n) is 15.4. The van der Waals surface area contributed by atoms with E-state index in [1.807, 2.05) is 0 Å². The van der Waals surface area contributed by atoms with Gasteiger partial charge in [0.1, 0.15) is 29.5 Å². The molecule has 0 spiro atoms. The Bertz CT molecular complexity index is 1120. The smallest absolute Gasteiger partial charge is 0.475 e. The minimum absolute atomic E-state index is 0.0255. The second kappa shape index (κ2) is 22.4. The fraction of sp³-hybridized carbons (Fsp3) is 0.677. The Morgan fingerprint density at radius 3 is 2.02 bits per heavy atom. The van der Waals surface area contributed by atoms with Crippen molar-refractivity contribution in [1.82, 2.24) is 0 Å². The zero-order valence-corrected chi connectivity index (χ0v) is 27.2. The third-order valence-corrected chi connectivity index (χ3v) is 7.36. The normalized spacial score (nSPS) is 14.4. The third kappa shape index (κ3) is 15.2. The number of aliphatic hydroxyl groups is 1. The van der Waals surface area contributed by atoms with Crippen molar-refractivity contribution in [1.29, 1.82) is 0 Å². The first kappa shape index (κ1) is 39.9. The van der Waals surface area contributed by atoms with Crippen molar-refractivity contribution in [3.8, 4) is 0 Å². The molecule has 2 unspecified atom stereocenters. The third-order valence-electron chi connectivity index (χ3n) is 7.36. The lowest BCUT2D eigenvalue weighted by molar-refractivity contribution is -0.977. The minimum Gasteiger partial charge on any atom is -0.496 e. The van der Waals surface area contributed by atoms with Gasteiger partial charge in [-0.1, -0.05) is 58.1 Å². The van der Waals surface area contributed by atoms with E-state index in [-0.39, 0.29) is 41.9 Å². The Balaban J connectivity index is 2.10. The van der Waals surface area contributed by atoms with Gasteiger partial charge in [-0.2, -0.15) is 4.84 Å². The van der Waals surface area contributed by atoms with E-state index in [0.717, 1.165) is 51.4 Å². The average Bonchev–Trinajstić information content (AvgIpc) is 3.01. The van der Waals surface area contributed by atoms with Crippen LogP contribution < -0.4 is 0 Å². The topological polar surface area (TPSA) is 193 Å². The van der Waals surface area contributed by atoms with Crippen LogP contribution in [0.4, 0.5) is 0 Å². The molecule has 1 rings (SSSR count). The highest BCUT2D eigenvalue weighted by atomic mass is 17.0. The molecule has 2 atom stereocenters. The maximum atomic E-state index is 12.7. The molecule has 1 aliphatic carbocycles. The van der Waals surface area contributed by atoms with E-state index in [0.29, 0.717) is 49.2 Å². The molecule has 0 bridgehead atoms. The first-order chi connectivity index (χ1) is 21.9. The van der Waals surface area contributed by atoms with Gasteiger partial charge in [0.15, 0.2) is 6.61 Å². The number of hydrogen-bond donors (Lipinski definition) is 2. The van der Waals surface area contributed by atoms with Crippen LogP contribution in [0.1, 0.15) is 90.4 Å². The number of methoxy groups -OCH3 is 2. The van der Waals surface area contributed by atoms with Gasteiger partial charge in [-0.05, 0) is 39.0 Å². The second-order valence-corrected chi connectivity index (χ2v) is 10.8. The molecule has 0 amide bonds. The van der Waals surface area contributed by atoms with Crippen molar-refractivity contribution in [3.05, 3.63) is 62.4 Å². The lowest BCUT2D eigenvalue weighted by atomic mass is 9.89. The van der Waals surface area contributed by atoms with Crippen molar-refractivity contribution in [2.45, 2.75) is 103 Å². The van der Waals surface area contributed by atoms with Crippen LogP contribution in [-0.4, -0.2) is 78.3 Å². The van der Waals surface area contributed by atoms with Gasteiger partial charge in [-0.25, -0.2) is 5.21 Å². The van der Waals surface area contributed by atoms with Crippen molar-refractivity contribution in [2.75, 3.05) is 34.0 Å². The summed E-state index contributed by atoms with van der Waals surface area (Å²) in [5.74, 6) is -0.0174. The Kier molecular flexibility index (Phi) is 19.4. The highest BCUT2D eigenvalue weighted by molar-refractivity contribution is 6.23. The van der Waals surface area contributed by atoms with Gasteiger partial charge in [-0.15, -0.1) is 10.1 Å². The maximum Gasteiger partial charge on any atom is 0.475 e. The van der Waals surface area contributed by atoms with Crippen LogP contribution in [0.15, 0.2) is 47.3 Å². The Morgan fingerprint density at radius 1 is 0.848 bits per heavy atom. The number of unbranched alkanes of at least 4 members (excludes halogenated alkanes) is 8. The van der Waals surface area contributed by atoms with Gasteiger partial charge in [0, 0.05) is 17.6 Å². The molecule has 0 saturated heterocycles. The predicted octanol–water partition coefficient (Wildman–Crippen LogP) is 5.13. The number of rotatable bonds is 28. The van der Waals surface area contributed by atoms with Crippen molar-refractivity contribution >= 4 is 11.6 Å².